The maximum atomic E-state index is 13.1. The summed E-state index contributed by atoms with van der Waals surface area (Å²) in [5.41, 5.74) is 0. The van der Waals surface area contributed by atoms with Gasteiger partial charge in [0.1, 0.15) is 19.3 Å². The number of carbonyl (C=O) groups excluding carboxylic acids is 4. The highest BCUT2D eigenvalue weighted by Gasteiger charge is 2.30. The molecule has 97 heavy (non-hydrogen) atoms. The van der Waals surface area contributed by atoms with Gasteiger partial charge in [-0.3, -0.25) is 37.3 Å². The Kier molecular flexibility index (Phi) is 68.4. The molecule has 0 saturated carbocycles. The second kappa shape index (κ2) is 69.8. The first-order chi connectivity index (χ1) is 46.9. The van der Waals surface area contributed by atoms with E-state index in [0.29, 0.717) is 25.7 Å². The van der Waals surface area contributed by atoms with Crippen LogP contribution < -0.4 is 0 Å². The quantitative estimate of drug-likeness (QED) is 0.0222. The topological polar surface area (TPSA) is 237 Å². The number of phosphoric ester groups is 2. The van der Waals surface area contributed by atoms with Crippen LogP contribution in [0.25, 0.3) is 0 Å². The first-order valence-corrected chi connectivity index (χ1v) is 43.5. The summed E-state index contributed by atoms with van der Waals surface area (Å²) < 4.78 is 68.6. The molecular weight excluding hydrogens is 1270 g/mol. The number of esters is 4. The summed E-state index contributed by atoms with van der Waals surface area (Å²) in [6, 6.07) is 0. The van der Waals surface area contributed by atoms with E-state index in [1.165, 1.54) is 225 Å². The molecule has 0 rings (SSSR count). The van der Waals surface area contributed by atoms with Gasteiger partial charge in [0.15, 0.2) is 12.2 Å². The second-order valence-corrected chi connectivity index (χ2v) is 31.7. The molecule has 0 aliphatic heterocycles. The molecule has 576 valence electrons. The summed E-state index contributed by atoms with van der Waals surface area (Å²) in [5, 5.41) is 10.6. The molecule has 6 atom stereocenters. The maximum Gasteiger partial charge on any atom is 0.472 e. The van der Waals surface area contributed by atoms with Crippen molar-refractivity contribution < 1.29 is 80.2 Å². The van der Waals surface area contributed by atoms with Gasteiger partial charge in [-0.1, -0.05) is 356 Å². The number of ether oxygens (including phenoxy) is 4. The molecule has 17 nitrogen and oxygen atoms in total. The van der Waals surface area contributed by atoms with Crippen molar-refractivity contribution in [1.82, 2.24) is 0 Å². The number of phosphoric acid groups is 2. The van der Waals surface area contributed by atoms with E-state index >= 15 is 0 Å². The van der Waals surface area contributed by atoms with Crippen molar-refractivity contribution in [2.75, 3.05) is 39.6 Å². The zero-order valence-electron chi connectivity index (χ0n) is 63.4. The van der Waals surface area contributed by atoms with Crippen LogP contribution in [0.4, 0.5) is 0 Å². The van der Waals surface area contributed by atoms with E-state index in [2.05, 4.69) is 41.5 Å². The monoisotopic (exact) mass is 1420 g/mol. The predicted octanol–water partition coefficient (Wildman–Crippen LogP) is 23.1. The molecule has 0 spiro atoms. The van der Waals surface area contributed by atoms with Crippen molar-refractivity contribution in [3.05, 3.63) is 0 Å². The zero-order valence-corrected chi connectivity index (χ0v) is 65.2. The lowest BCUT2D eigenvalue weighted by Crippen LogP contribution is -2.30. The highest BCUT2D eigenvalue weighted by Crippen LogP contribution is 2.45. The van der Waals surface area contributed by atoms with Crippen LogP contribution in [0.2, 0.25) is 0 Å². The Morgan fingerprint density at radius 3 is 0.784 bits per heavy atom. The number of aliphatic hydroxyl groups excluding tert-OH is 1. The average Bonchev–Trinajstić information content (AvgIpc) is 1.42. The number of hydrogen-bond acceptors (Lipinski definition) is 15. The molecule has 0 heterocycles. The van der Waals surface area contributed by atoms with Crippen LogP contribution in [0.1, 0.15) is 408 Å². The molecule has 0 amide bonds. The van der Waals surface area contributed by atoms with Gasteiger partial charge in [0, 0.05) is 25.7 Å². The molecule has 3 unspecified atom stereocenters. The van der Waals surface area contributed by atoms with Gasteiger partial charge < -0.3 is 33.8 Å². The molecule has 0 aliphatic carbocycles. The first kappa shape index (κ1) is 95.1. The van der Waals surface area contributed by atoms with Gasteiger partial charge in [-0.05, 0) is 37.5 Å². The van der Waals surface area contributed by atoms with Crippen molar-refractivity contribution >= 4 is 39.5 Å². The van der Waals surface area contributed by atoms with Crippen LogP contribution in [0.3, 0.4) is 0 Å². The third-order valence-electron chi connectivity index (χ3n) is 18.6. The Bertz CT molecular complexity index is 1870. The van der Waals surface area contributed by atoms with Crippen molar-refractivity contribution in [2.45, 2.75) is 426 Å². The maximum absolute atomic E-state index is 13.1. The summed E-state index contributed by atoms with van der Waals surface area (Å²) in [4.78, 5) is 72.8. The first-order valence-electron chi connectivity index (χ1n) is 40.5. The number of hydrogen-bond donors (Lipinski definition) is 3. The van der Waals surface area contributed by atoms with Gasteiger partial charge in [-0.2, -0.15) is 0 Å². The highest BCUT2D eigenvalue weighted by atomic mass is 31.2. The Balaban J connectivity index is 5.19. The SMILES string of the molecule is CCCCCCCCCCCCCCC(=O)O[C@H](COC(=O)CCCCCCCCCCCCC)COP(=O)(O)OC[C@H](O)COP(=O)(O)OC[C@@H](COC(=O)CCCCCCCCCCCC(C)C)OC(=O)CCCCCCCCCCCCCCCCCCCCC(C)CC. The molecule has 0 aromatic heterocycles. The van der Waals surface area contributed by atoms with Crippen molar-refractivity contribution in [2.24, 2.45) is 11.8 Å². The Labute approximate surface area is 594 Å². The standard InChI is InChI=1S/C78H152O17P2/c1-7-10-12-14-16-18-20-31-37-44-50-56-62-77(82)94-73(66-88-75(80)60-54-48-42-36-29-19-17-15-13-11-8-2)68-92-96(84,85)90-64-72(79)65-91-97(86,87)93-69-74(67-89-76(81)61-55-49-43-39-33-34-40-46-52-58-70(4)5)95-78(83)63-57-51-45-38-32-28-26-24-22-21-23-25-27-30-35-41-47-53-59-71(6)9-3/h70-74,79H,7-69H2,1-6H3,(H,84,85)(H,86,87)/t71?,72-,73+,74+/m0/s1. The van der Waals surface area contributed by atoms with Crippen LogP contribution in [-0.2, 0) is 65.4 Å². The van der Waals surface area contributed by atoms with Crippen LogP contribution in [0.15, 0.2) is 0 Å². The minimum Gasteiger partial charge on any atom is -0.462 e. The minimum absolute atomic E-state index is 0.108. The van der Waals surface area contributed by atoms with Gasteiger partial charge in [0.2, 0.25) is 0 Å². The van der Waals surface area contributed by atoms with Crippen LogP contribution >= 0.6 is 15.6 Å². The van der Waals surface area contributed by atoms with Crippen molar-refractivity contribution in [1.29, 1.82) is 0 Å². The minimum atomic E-state index is -4.96. The number of carbonyl (C=O) groups is 4. The van der Waals surface area contributed by atoms with E-state index in [-0.39, 0.29) is 25.7 Å². The van der Waals surface area contributed by atoms with Crippen LogP contribution in [0, 0.1) is 11.8 Å². The fourth-order valence-electron chi connectivity index (χ4n) is 12.0. The summed E-state index contributed by atoms with van der Waals surface area (Å²) in [5.74, 6) is -0.498. The molecule has 0 aromatic carbocycles. The predicted molar refractivity (Wildman–Crippen MR) is 395 cm³/mol. The largest absolute Gasteiger partial charge is 0.472 e. The Morgan fingerprint density at radius 1 is 0.299 bits per heavy atom. The van der Waals surface area contributed by atoms with Crippen LogP contribution in [-0.4, -0.2) is 96.7 Å². The lowest BCUT2D eigenvalue weighted by Gasteiger charge is -2.21. The van der Waals surface area contributed by atoms with E-state index in [1.54, 1.807) is 0 Å². The number of unbranched alkanes of at least 4 members (excludes halogenated alkanes) is 46. The van der Waals surface area contributed by atoms with Gasteiger partial charge in [-0.15, -0.1) is 0 Å². The molecule has 0 radical (unpaired) electrons. The van der Waals surface area contributed by atoms with Crippen molar-refractivity contribution in [3.8, 4) is 0 Å². The fraction of sp³-hybridized carbons (Fsp3) is 0.949. The molecule has 19 heteroatoms. The summed E-state index contributed by atoms with van der Waals surface area (Å²) in [6.45, 7) is 9.65. The zero-order chi connectivity index (χ0) is 71.4. The smallest absolute Gasteiger partial charge is 0.462 e. The van der Waals surface area contributed by atoms with E-state index in [1.807, 2.05) is 0 Å². The Morgan fingerprint density at radius 2 is 0.526 bits per heavy atom. The Hall–Kier alpha value is -1.94. The lowest BCUT2D eigenvalue weighted by molar-refractivity contribution is -0.161. The summed E-state index contributed by atoms with van der Waals surface area (Å²) >= 11 is 0. The van der Waals surface area contributed by atoms with E-state index in [4.69, 9.17) is 37.0 Å². The summed E-state index contributed by atoms with van der Waals surface area (Å²) in [7, 11) is -9.91. The van der Waals surface area contributed by atoms with E-state index in [9.17, 15) is 43.2 Å². The molecule has 3 N–H and O–H groups in total. The molecule has 0 aliphatic rings. The molecule has 0 saturated heterocycles. The van der Waals surface area contributed by atoms with Gasteiger partial charge in [0.25, 0.3) is 0 Å². The summed E-state index contributed by atoms with van der Waals surface area (Å²) in [6.07, 6.45) is 58.2. The molecule has 0 fully saturated rings. The lowest BCUT2D eigenvalue weighted by atomic mass is 9.99. The number of rotatable bonds is 77. The van der Waals surface area contributed by atoms with Crippen molar-refractivity contribution in [3.63, 3.8) is 0 Å². The average molecular weight is 1420 g/mol. The van der Waals surface area contributed by atoms with Gasteiger partial charge in [-0.25, -0.2) is 9.13 Å². The normalized spacial score (nSPS) is 14.2. The second-order valence-electron chi connectivity index (χ2n) is 28.8. The third kappa shape index (κ3) is 70.9. The van der Waals surface area contributed by atoms with E-state index in [0.717, 1.165) is 102 Å². The number of aliphatic hydroxyl groups is 1. The van der Waals surface area contributed by atoms with Crippen LogP contribution in [0.5, 0.6) is 0 Å². The molecule has 0 aromatic rings. The fourth-order valence-corrected chi connectivity index (χ4v) is 13.6. The van der Waals surface area contributed by atoms with Gasteiger partial charge >= 0.3 is 39.5 Å². The highest BCUT2D eigenvalue weighted by molar-refractivity contribution is 7.47. The molecular formula is C78H152O17P2. The van der Waals surface area contributed by atoms with E-state index < -0.39 is 97.5 Å². The third-order valence-corrected chi connectivity index (χ3v) is 20.5. The molecule has 0 bridgehead atoms. The van der Waals surface area contributed by atoms with Gasteiger partial charge in [0.05, 0.1) is 26.4 Å².